The van der Waals surface area contributed by atoms with Crippen molar-refractivity contribution in [3.8, 4) is 0 Å². The number of ether oxygens (including phenoxy) is 3. The van der Waals surface area contributed by atoms with E-state index in [1.165, 1.54) is 5.56 Å². The van der Waals surface area contributed by atoms with E-state index in [0.717, 1.165) is 24.0 Å². The van der Waals surface area contributed by atoms with Crippen LogP contribution >= 0.6 is 0 Å². The van der Waals surface area contributed by atoms with Crippen molar-refractivity contribution in [2.45, 2.75) is 97.2 Å². The molecule has 0 heterocycles. The van der Waals surface area contributed by atoms with Crippen LogP contribution in [0.15, 0.2) is 42.2 Å². The second kappa shape index (κ2) is 10.4. The van der Waals surface area contributed by atoms with Gasteiger partial charge in [-0.2, -0.15) is 0 Å². The number of rotatable bonds is 10. The van der Waals surface area contributed by atoms with Crippen molar-refractivity contribution in [2.75, 3.05) is 20.5 Å². The molecule has 0 aromatic heterocycles. The van der Waals surface area contributed by atoms with Crippen LogP contribution in [0.1, 0.15) is 72.4 Å². The maximum absolute atomic E-state index is 15.4. The van der Waals surface area contributed by atoms with Crippen LogP contribution in [0.25, 0.3) is 5.57 Å². The minimum absolute atomic E-state index is 0.0414. The summed E-state index contributed by atoms with van der Waals surface area (Å²) in [5.74, 6) is -1.39. The topological polar surface area (TPSA) is 27.7 Å². The Morgan fingerprint density at radius 1 is 1.03 bits per heavy atom. The number of halogens is 1. The van der Waals surface area contributed by atoms with E-state index < -0.39 is 18.9 Å². The van der Waals surface area contributed by atoms with Gasteiger partial charge in [-0.05, 0) is 47.0 Å². The molecule has 0 fully saturated rings. The summed E-state index contributed by atoms with van der Waals surface area (Å²) in [7, 11) is -0.468. The van der Waals surface area contributed by atoms with E-state index in [1.54, 1.807) is 19.3 Å². The van der Waals surface area contributed by atoms with Gasteiger partial charge in [-0.25, -0.2) is 4.39 Å². The molecular weight excluding hydrogens is 443 g/mol. The Morgan fingerprint density at radius 3 is 2.21 bits per heavy atom. The number of methoxy groups -OCH3 is 1. The zero-order chi connectivity index (χ0) is 26.0. The van der Waals surface area contributed by atoms with Gasteiger partial charge >= 0.3 is 0 Å². The summed E-state index contributed by atoms with van der Waals surface area (Å²) in [4.78, 5) is 0. The standard InChI is InChI=1S/C29H47FO3Si/c1-12-16-32-29(33-21-31-8)25(18-24(30)19-28(29,7)34(9,10)11)22-14-13-15-23(17-22)27(5,6)20-26(2,3)4/h13-15,17-19H,12,16,20-21H2,1-11H3. The molecule has 1 aromatic rings. The molecule has 34 heavy (non-hydrogen) atoms. The third-order valence-corrected chi connectivity index (χ3v) is 10.7. The lowest BCUT2D eigenvalue weighted by molar-refractivity contribution is -0.247. The second-order valence-electron chi connectivity index (χ2n) is 12.8. The summed E-state index contributed by atoms with van der Waals surface area (Å²) < 4.78 is 33.9. The van der Waals surface area contributed by atoms with Gasteiger partial charge in [0.25, 0.3) is 0 Å². The molecule has 1 aliphatic rings. The Morgan fingerprint density at radius 2 is 1.68 bits per heavy atom. The smallest absolute Gasteiger partial charge is 0.204 e. The average molecular weight is 491 g/mol. The molecule has 192 valence electrons. The zero-order valence-electron chi connectivity index (χ0n) is 23.4. The lowest BCUT2D eigenvalue weighted by Gasteiger charge is -2.54. The first-order valence-electron chi connectivity index (χ1n) is 12.5. The fourth-order valence-corrected chi connectivity index (χ4v) is 7.17. The molecule has 2 unspecified atom stereocenters. The molecule has 1 aliphatic carbocycles. The molecular formula is C29H47FO3Si. The first-order chi connectivity index (χ1) is 15.5. The van der Waals surface area contributed by atoms with Crippen LogP contribution in [0, 0.1) is 5.41 Å². The van der Waals surface area contributed by atoms with E-state index in [1.807, 2.05) is 6.07 Å². The van der Waals surface area contributed by atoms with Crippen LogP contribution in [0.3, 0.4) is 0 Å². The summed E-state index contributed by atoms with van der Waals surface area (Å²) in [5, 5.41) is -0.654. The molecule has 3 nitrogen and oxygen atoms in total. The molecule has 2 atom stereocenters. The quantitative estimate of drug-likeness (QED) is 0.243. The van der Waals surface area contributed by atoms with Crippen molar-refractivity contribution < 1.29 is 18.6 Å². The van der Waals surface area contributed by atoms with Crippen molar-refractivity contribution in [2.24, 2.45) is 5.41 Å². The zero-order valence-corrected chi connectivity index (χ0v) is 24.4. The highest BCUT2D eigenvalue weighted by atomic mass is 28.3. The summed E-state index contributed by atoms with van der Waals surface area (Å²) in [5.41, 5.74) is 3.03. The van der Waals surface area contributed by atoms with Gasteiger partial charge in [-0.15, -0.1) is 0 Å². The number of hydrogen-bond acceptors (Lipinski definition) is 3. The summed E-state index contributed by atoms with van der Waals surface area (Å²) in [6.45, 7) is 22.8. The summed E-state index contributed by atoms with van der Waals surface area (Å²) in [6, 6.07) is 8.49. The Labute approximate surface area is 208 Å². The summed E-state index contributed by atoms with van der Waals surface area (Å²) in [6.07, 6.45) is 5.18. The molecule has 0 spiro atoms. The van der Waals surface area contributed by atoms with E-state index in [0.29, 0.717) is 6.61 Å². The fourth-order valence-electron chi connectivity index (χ4n) is 5.33. The number of allylic oxidation sites excluding steroid dienone is 2. The van der Waals surface area contributed by atoms with E-state index in [2.05, 4.69) is 86.3 Å². The van der Waals surface area contributed by atoms with Gasteiger partial charge in [0, 0.05) is 17.7 Å². The Bertz CT molecular complexity index is 897. The van der Waals surface area contributed by atoms with Gasteiger partial charge in [0.05, 0.1) is 14.7 Å². The molecule has 0 N–H and O–H groups in total. The minimum atomic E-state index is -2.08. The molecule has 0 saturated carbocycles. The monoisotopic (exact) mass is 490 g/mol. The number of hydrogen-bond donors (Lipinski definition) is 0. The van der Waals surface area contributed by atoms with Crippen LogP contribution in [-0.4, -0.2) is 34.4 Å². The van der Waals surface area contributed by atoms with Gasteiger partial charge in [-0.3, -0.25) is 0 Å². The highest BCUT2D eigenvalue weighted by Gasteiger charge is 2.60. The maximum Gasteiger partial charge on any atom is 0.204 e. The highest BCUT2D eigenvalue weighted by molar-refractivity contribution is 6.80. The van der Waals surface area contributed by atoms with Crippen LogP contribution in [0.4, 0.5) is 4.39 Å². The largest absolute Gasteiger partial charge is 0.359 e. The van der Waals surface area contributed by atoms with Crippen LogP contribution < -0.4 is 0 Å². The summed E-state index contributed by atoms with van der Waals surface area (Å²) >= 11 is 0. The van der Waals surface area contributed by atoms with Gasteiger partial charge in [0.2, 0.25) is 5.79 Å². The van der Waals surface area contributed by atoms with Gasteiger partial charge in [0.15, 0.2) is 0 Å². The molecule has 0 radical (unpaired) electrons. The van der Waals surface area contributed by atoms with E-state index >= 15 is 4.39 Å². The van der Waals surface area contributed by atoms with Crippen LogP contribution in [-0.2, 0) is 19.6 Å². The lowest BCUT2D eigenvalue weighted by Crippen LogP contribution is -2.58. The lowest BCUT2D eigenvalue weighted by atomic mass is 9.71. The first-order valence-corrected chi connectivity index (χ1v) is 16.0. The molecule has 0 saturated heterocycles. The van der Waals surface area contributed by atoms with Crippen molar-refractivity contribution in [1.82, 2.24) is 0 Å². The molecule has 0 aliphatic heterocycles. The van der Waals surface area contributed by atoms with Crippen molar-refractivity contribution in [1.29, 1.82) is 0 Å². The van der Waals surface area contributed by atoms with Crippen LogP contribution in [0.2, 0.25) is 24.7 Å². The third-order valence-electron chi connectivity index (χ3n) is 7.12. The SMILES string of the molecule is CCCOC1(OCOC)C(c2cccc(C(C)(C)CC(C)(C)C)c2)=CC(F)=CC1(C)[Si](C)(C)C. The molecule has 0 amide bonds. The fraction of sp³-hybridized carbons (Fsp3) is 0.655. The van der Waals surface area contributed by atoms with Crippen molar-refractivity contribution in [3.63, 3.8) is 0 Å². The molecule has 5 heteroatoms. The maximum atomic E-state index is 15.4. The average Bonchev–Trinajstić information content (AvgIpc) is 2.70. The predicted molar refractivity (Wildman–Crippen MR) is 144 cm³/mol. The van der Waals surface area contributed by atoms with Gasteiger partial charge in [-0.1, -0.05) is 92.4 Å². The number of benzene rings is 1. The van der Waals surface area contributed by atoms with Crippen molar-refractivity contribution >= 4 is 13.6 Å². The highest BCUT2D eigenvalue weighted by Crippen LogP contribution is 2.60. The van der Waals surface area contributed by atoms with E-state index in [4.69, 9.17) is 14.2 Å². The molecule has 0 bridgehead atoms. The van der Waals surface area contributed by atoms with Crippen molar-refractivity contribution in [3.05, 3.63) is 53.4 Å². The predicted octanol–water partition coefficient (Wildman–Crippen LogP) is 8.49. The minimum Gasteiger partial charge on any atom is -0.359 e. The Balaban J connectivity index is 2.77. The molecule has 2 rings (SSSR count). The normalized spacial score (nSPS) is 24.1. The van der Waals surface area contributed by atoms with Gasteiger partial charge in [0.1, 0.15) is 12.6 Å². The van der Waals surface area contributed by atoms with Crippen LogP contribution in [0.5, 0.6) is 0 Å². The van der Waals surface area contributed by atoms with E-state index in [9.17, 15) is 0 Å². The molecule has 1 aromatic carbocycles. The van der Waals surface area contributed by atoms with E-state index in [-0.39, 0.29) is 23.4 Å². The first kappa shape index (κ1) is 29.0. The Kier molecular flexibility index (Phi) is 8.84. The third kappa shape index (κ3) is 5.92. The van der Waals surface area contributed by atoms with Gasteiger partial charge < -0.3 is 14.2 Å². The Hall–Kier alpha value is -1.27. The second-order valence-corrected chi connectivity index (χ2v) is 18.3.